The first kappa shape index (κ1) is 17.8. The van der Waals surface area contributed by atoms with Crippen molar-refractivity contribution >= 4 is 5.91 Å². The van der Waals surface area contributed by atoms with E-state index in [9.17, 15) is 9.90 Å². The Bertz CT molecular complexity index is 528. The van der Waals surface area contributed by atoms with Gasteiger partial charge >= 0.3 is 0 Å². The van der Waals surface area contributed by atoms with Gasteiger partial charge < -0.3 is 10.0 Å². The molecule has 3 heteroatoms. The average molecular weight is 317 g/mol. The minimum absolute atomic E-state index is 0.0255. The summed E-state index contributed by atoms with van der Waals surface area (Å²) in [6.07, 6.45) is 6.25. The molecule has 128 valence electrons. The zero-order valence-electron chi connectivity index (χ0n) is 14.8. The molecule has 1 heterocycles. The molecule has 1 saturated heterocycles. The van der Waals surface area contributed by atoms with Crippen molar-refractivity contribution in [2.24, 2.45) is 5.92 Å². The number of rotatable bonds is 6. The van der Waals surface area contributed by atoms with E-state index in [2.05, 4.69) is 26.8 Å². The van der Waals surface area contributed by atoms with Crippen LogP contribution in [0, 0.1) is 5.92 Å². The number of phenols is 1. The summed E-state index contributed by atoms with van der Waals surface area (Å²) in [6.45, 7) is 8.31. The SMILES string of the molecule is CCCCCCC(=O)N1CC[C@@](C)(c2cccc(O)c2)[C@@H](C)C1. The number of piperidine rings is 1. The van der Waals surface area contributed by atoms with Crippen LogP contribution in [-0.4, -0.2) is 29.0 Å². The lowest BCUT2D eigenvalue weighted by atomic mass is 9.68. The molecular weight excluding hydrogens is 286 g/mol. The third-order valence-corrected chi connectivity index (χ3v) is 5.59. The molecule has 1 amide bonds. The van der Waals surface area contributed by atoms with Crippen LogP contribution in [0.3, 0.4) is 0 Å². The van der Waals surface area contributed by atoms with Gasteiger partial charge in [0.15, 0.2) is 0 Å². The Kier molecular flexibility index (Phi) is 6.09. The molecule has 0 spiro atoms. The maximum Gasteiger partial charge on any atom is 0.222 e. The summed E-state index contributed by atoms with van der Waals surface area (Å²) in [7, 11) is 0. The van der Waals surface area contributed by atoms with Gasteiger partial charge in [0.25, 0.3) is 0 Å². The smallest absolute Gasteiger partial charge is 0.222 e. The van der Waals surface area contributed by atoms with E-state index >= 15 is 0 Å². The quantitative estimate of drug-likeness (QED) is 0.785. The lowest BCUT2D eigenvalue weighted by molar-refractivity contribution is -0.134. The van der Waals surface area contributed by atoms with Crippen molar-refractivity contribution in [2.75, 3.05) is 13.1 Å². The molecule has 0 aromatic heterocycles. The Morgan fingerprint density at radius 3 is 2.78 bits per heavy atom. The third kappa shape index (κ3) is 4.27. The molecule has 1 aromatic carbocycles. The second-order valence-electron chi connectivity index (χ2n) is 7.27. The molecule has 0 aliphatic carbocycles. The highest BCUT2D eigenvalue weighted by Gasteiger charge is 2.39. The Morgan fingerprint density at radius 2 is 2.13 bits per heavy atom. The van der Waals surface area contributed by atoms with E-state index in [1.807, 2.05) is 17.0 Å². The molecule has 2 atom stereocenters. The molecule has 1 aromatic rings. The average Bonchev–Trinajstić information content (AvgIpc) is 2.54. The minimum Gasteiger partial charge on any atom is -0.508 e. The van der Waals surface area contributed by atoms with Crippen molar-refractivity contribution in [1.82, 2.24) is 4.90 Å². The number of unbranched alkanes of at least 4 members (excludes halogenated alkanes) is 3. The largest absolute Gasteiger partial charge is 0.508 e. The Balaban J connectivity index is 1.95. The van der Waals surface area contributed by atoms with Gasteiger partial charge in [-0.2, -0.15) is 0 Å². The Labute approximate surface area is 140 Å². The van der Waals surface area contributed by atoms with Gasteiger partial charge in [-0.15, -0.1) is 0 Å². The number of carbonyl (C=O) groups excluding carboxylic acids is 1. The fourth-order valence-corrected chi connectivity index (χ4v) is 3.61. The predicted molar refractivity (Wildman–Crippen MR) is 94.6 cm³/mol. The van der Waals surface area contributed by atoms with Crippen LogP contribution in [0.1, 0.15) is 64.9 Å². The van der Waals surface area contributed by atoms with Crippen LogP contribution in [0.4, 0.5) is 0 Å². The van der Waals surface area contributed by atoms with Gasteiger partial charge in [0, 0.05) is 19.5 Å². The number of nitrogens with zero attached hydrogens (tertiary/aromatic N) is 1. The summed E-state index contributed by atoms with van der Waals surface area (Å²) in [5.74, 6) is 1.02. The normalized spacial score (nSPS) is 24.7. The molecule has 0 saturated carbocycles. The molecule has 1 aliphatic rings. The van der Waals surface area contributed by atoms with Gasteiger partial charge in [0.1, 0.15) is 5.75 Å². The number of hydrogen-bond donors (Lipinski definition) is 1. The number of phenolic OH excluding ortho intramolecular Hbond substituents is 1. The maximum absolute atomic E-state index is 12.4. The van der Waals surface area contributed by atoms with Crippen LogP contribution in [0.25, 0.3) is 0 Å². The van der Waals surface area contributed by atoms with E-state index in [1.54, 1.807) is 6.07 Å². The predicted octanol–water partition coefficient (Wildman–Crippen LogP) is 4.49. The van der Waals surface area contributed by atoms with Crippen LogP contribution in [0.2, 0.25) is 0 Å². The fourth-order valence-electron chi connectivity index (χ4n) is 3.61. The number of carbonyl (C=O) groups is 1. The summed E-state index contributed by atoms with van der Waals surface area (Å²) in [5.41, 5.74) is 1.21. The zero-order chi connectivity index (χ0) is 16.9. The molecule has 1 aliphatic heterocycles. The Hall–Kier alpha value is -1.51. The van der Waals surface area contributed by atoms with Gasteiger partial charge in [0.2, 0.25) is 5.91 Å². The molecule has 23 heavy (non-hydrogen) atoms. The molecule has 0 radical (unpaired) electrons. The standard InChI is InChI=1S/C20H31NO2/c1-4-5-6-7-11-19(23)21-13-12-20(3,16(2)15-21)17-9-8-10-18(22)14-17/h8-10,14,16,22H,4-7,11-13,15H2,1-3H3/t16-,20+/m0/s1. The maximum atomic E-state index is 12.4. The van der Waals surface area contributed by atoms with Crippen molar-refractivity contribution < 1.29 is 9.90 Å². The van der Waals surface area contributed by atoms with Crippen LogP contribution in [-0.2, 0) is 10.2 Å². The number of likely N-dealkylation sites (tertiary alicyclic amines) is 1. The summed E-state index contributed by atoms with van der Waals surface area (Å²) in [5, 5.41) is 9.76. The molecule has 2 rings (SSSR count). The third-order valence-electron chi connectivity index (χ3n) is 5.59. The summed E-state index contributed by atoms with van der Waals surface area (Å²) in [4.78, 5) is 14.4. The topological polar surface area (TPSA) is 40.5 Å². The van der Waals surface area contributed by atoms with Crippen molar-refractivity contribution in [2.45, 2.75) is 64.7 Å². The van der Waals surface area contributed by atoms with Gasteiger partial charge in [-0.1, -0.05) is 52.2 Å². The number of hydrogen-bond acceptors (Lipinski definition) is 2. The molecule has 0 unspecified atom stereocenters. The molecule has 1 fully saturated rings. The van der Waals surface area contributed by atoms with E-state index in [0.717, 1.165) is 32.4 Å². The first-order valence-electron chi connectivity index (χ1n) is 9.04. The minimum atomic E-state index is 0.0255. The van der Waals surface area contributed by atoms with Crippen LogP contribution < -0.4 is 0 Å². The summed E-state index contributed by atoms with van der Waals surface area (Å²) < 4.78 is 0. The number of amides is 1. The highest BCUT2D eigenvalue weighted by atomic mass is 16.3. The summed E-state index contributed by atoms with van der Waals surface area (Å²) >= 11 is 0. The molecular formula is C20H31NO2. The molecule has 3 nitrogen and oxygen atoms in total. The lowest BCUT2D eigenvalue weighted by Gasteiger charge is -2.45. The first-order valence-corrected chi connectivity index (χ1v) is 9.04. The van der Waals surface area contributed by atoms with E-state index in [4.69, 9.17) is 0 Å². The van der Waals surface area contributed by atoms with E-state index in [1.165, 1.54) is 18.4 Å². The van der Waals surface area contributed by atoms with Gasteiger partial charge in [-0.3, -0.25) is 4.79 Å². The fraction of sp³-hybridized carbons (Fsp3) is 0.650. The number of aromatic hydroxyl groups is 1. The lowest BCUT2D eigenvalue weighted by Crippen LogP contribution is -2.49. The van der Waals surface area contributed by atoms with Crippen molar-refractivity contribution in [1.29, 1.82) is 0 Å². The van der Waals surface area contributed by atoms with Gasteiger partial charge in [-0.25, -0.2) is 0 Å². The van der Waals surface area contributed by atoms with E-state index in [-0.39, 0.29) is 5.41 Å². The first-order chi connectivity index (χ1) is 11.0. The van der Waals surface area contributed by atoms with Gasteiger partial charge in [0.05, 0.1) is 0 Å². The van der Waals surface area contributed by atoms with E-state index in [0.29, 0.717) is 24.0 Å². The highest BCUT2D eigenvalue weighted by molar-refractivity contribution is 5.76. The van der Waals surface area contributed by atoms with Crippen molar-refractivity contribution in [3.05, 3.63) is 29.8 Å². The number of benzene rings is 1. The van der Waals surface area contributed by atoms with Crippen LogP contribution in [0.15, 0.2) is 24.3 Å². The second-order valence-corrected chi connectivity index (χ2v) is 7.27. The molecule has 1 N–H and O–H groups in total. The van der Waals surface area contributed by atoms with Gasteiger partial charge in [-0.05, 0) is 41.9 Å². The Morgan fingerprint density at radius 1 is 1.35 bits per heavy atom. The molecule has 0 bridgehead atoms. The van der Waals surface area contributed by atoms with E-state index < -0.39 is 0 Å². The van der Waals surface area contributed by atoms with Crippen molar-refractivity contribution in [3.63, 3.8) is 0 Å². The zero-order valence-corrected chi connectivity index (χ0v) is 14.8. The summed E-state index contributed by atoms with van der Waals surface area (Å²) in [6, 6.07) is 7.59. The monoisotopic (exact) mass is 317 g/mol. The van der Waals surface area contributed by atoms with Crippen LogP contribution in [0.5, 0.6) is 5.75 Å². The van der Waals surface area contributed by atoms with Crippen LogP contribution >= 0.6 is 0 Å². The highest BCUT2D eigenvalue weighted by Crippen LogP contribution is 2.40. The second kappa shape index (κ2) is 7.85. The van der Waals surface area contributed by atoms with Crippen molar-refractivity contribution in [3.8, 4) is 5.75 Å².